The summed E-state index contributed by atoms with van der Waals surface area (Å²) >= 11 is 0. The molecule has 0 radical (unpaired) electrons. The molecular formula is C24H35N9O3. The number of hydrogen-bond acceptors (Lipinski definition) is 10. The van der Waals surface area contributed by atoms with Crippen molar-refractivity contribution in [3.05, 3.63) is 18.5 Å². The molecule has 2 aromatic heterocycles. The quantitative estimate of drug-likeness (QED) is 0.616. The number of nitrogens with one attached hydrogen (secondary N) is 1. The minimum atomic E-state index is -0.0208. The maximum absolute atomic E-state index is 12.9. The van der Waals surface area contributed by atoms with Gasteiger partial charge in [0.25, 0.3) is 0 Å². The highest BCUT2D eigenvalue weighted by Gasteiger charge is 2.38. The molecule has 0 spiro atoms. The molecule has 3 fully saturated rings. The molecule has 0 aromatic carbocycles. The van der Waals surface area contributed by atoms with Gasteiger partial charge < -0.3 is 35.2 Å². The maximum Gasteiger partial charge on any atom is 0.320 e. The van der Waals surface area contributed by atoms with Gasteiger partial charge in [0, 0.05) is 82.2 Å². The fourth-order valence-corrected chi connectivity index (χ4v) is 4.85. The fraction of sp³-hybridized carbons (Fsp3) is 0.625. The molecule has 4 heterocycles. The van der Waals surface area contributed by atoms with Crippen molar-refractivity contribution in [3.63, 3.8) is 0 Å². The molecule has 12 heteroatoms. The van der Waals surface area contributed by atoms with E-state index in [4.69, 9.17) is 25.2 Å². The molecule has 2 aliphatic heterocycles. The lowest BCUT2D eigenvalue weighted by Crippen LogP contribution is -2.58. The zero-order valence-corrected chi connectivity index (χ0v) is 21.1. The van der Waals surface area contributed by atoms with Crippen molar-refractivity contribution in [3.8, 4) is 17.1 Å². The monoisotopic (exact) mass is 497 g/mol. The molecule has 12 nitrogen and oxygen atoms in total. The third-order valence-electron chi connectivity index (χ3n) is 7.13. The summed E-state index contributed by atoms with van der Waals surface area (Å²) in [5.74, 6) is 1.30. The third kappa shape index (κ3) is 5.29. The van der Waals surface area contributed by atoms with E-state index in [-0.39, 0.29) is 30.2 Å². The second-order valence-electron chi connectivity index (χ2n) is 9.90. The van der Waals surface area contributed by atoms with E-state index in [1.807, 2.05) is 22.9 Å². The lowest BCUT2D eigenvalue weighted by Gasteiger charge is -2.43. The average molecular weight is 498 g/mol. The molecule has 3 aliphatic rings. The van der Waals surface area contributed by atoms with Crippen molar-refractivity contribution < 1.29 is 14.3 Å². The predicted octanol–water partition coefficient (Wildman–Crippen LogP) is 0.996. The number of morpholine rings is 1. The van der Waals surface area contributed by atoms with E-state index in [0.717, 1.165) is 38.0 Å². The van der Waals surface area contributed by atoms with Crippen molar-refractivity contribution >= 4 is 17.9 Å². The Hall–Kier alpha value is -3.25. The van der Waals surface area contributed by atoms with Gasteiger partial charge in [-0.3, -0.25) is 0 Å². The molecule has 5 rings (SSSR count). The van der Waals surface area contributed by atoms with E-state index in [1.54, 1.807) is 12.4 Å². The SMILES string of the molecule is C[C@H]1CN(C(=O)N(C)C2CC(Oc3cc(-c4cnc(N)nc4)nc(N4CCOC[C@@H]4C)n3)C2)CCN1. The number of nitrogen functional groups attached to an aromatic ring is 1. The van der Waals surface area contributed by atoms with Gasteiger partial charge in [0.15, 0.2) is 0 Å². The molecular weight excluding hydrogens is 462 g/mol. The maximum atomic E-state index is 12.9. The van der Waals surface area contributed by atoms with E-state index in [1.165, 1.54) is 0 Å². The van der Waals surface area contributed by atoms with Gasteiger partial charge in [-0.15, -0.1) is 0 Å². The molecule has 194 valence electrons. The van der Waals surface area contributed by atoms with Gasteiger partial charge in [0.1, 0.15) is 6.10 Å². The highest BCUT2D eigenvalue weighted by molar-refractivity contribution is 5.75. The first-order valence-electron chi connectivity index (χ1n) is 12.6. The number of nitrogens with two attached hydrogens (primary N) is 1. The molecule has 2 atom stereocenters. The summed E-state index contributed by atoms with van der Waals surface area (Å²) in [4.78, 5) is 36.6. The van der Waals surface area contributed by atoms with Crippen LogP contribution in [0, 0.1) is 0 Å². The summed E-state index contributed by atoms with van der Waals surface area (Å²) in [6.07, 6.45) is 4.80. The fourth-order valence-electron chi connectivity index (χ4n) is 4.85. The topological polar surface area (TPSA) is 135 Å². The normalized spacial score (nSPS) is 26.3. The van der Waals surface area contributed by atoms with Crippen molar-refractivity contribution in [2.24, 2.45) is 0 Å². The van der Waals surface area contributed by atoms with E-state index in [2.05, 4.69) is 34.0 Å². The Balaban J connectivity index is 1.28. The van der Waals surface area contributed by atoms with Crippen LogP contribution < -0.4 is 20.7 Å². The smallest absolute Gasteiger partial charge is 0.320 e. The summed E-state index contributed by atoms with van der Waals surface area (Å²) < 4.78 is 11.9. The van der Waals surface area contributed by atoms with E-state index in [0.29, 0.717) is 43.3 Å². The van der Waals surface area contributed by atoms with Crippen LogP contribution in [0.15, 0.2) is 18.5 Å². The highest BCUT2D eigenvalue weighted by Crippen LogP contribution is 2.32. The van der Waals surface area contributed by atoms with Crippen LogP contribution in [0.3, 0.4) is 0 Å². The van der Waals surface area contributed by atoms with Gasteiger partial charge in [0.05, 0.1) is 24.9 Å². The van der Waals surface area contributed by atoms with Crippen LogP contribution in [0.2, 0.25) is 0 Å². The summed E-state index contributed by atoms with van der Waals surface area (Å²) in [5.41, 5.74) is 7.08. The largest absolute Gasteiger partial charge is 0.474 e. The van der Waals surface area contributed by atoms with Crippen LogP contribution in [-0.2, 0) is 4.74 Å². The lowest BCUT2D eigenvalue weighted by atomic mass is 9.88. The number of hydrogen-bond donors (Lipinski definition) is 2. The zero-order valence-electron chi connectivity index (χ0n) is 21.1. The molecule has 2 saturated heterocycles. The van der Waals surface area contributed by atoms with Gasteiger partial charge in [-0.1, -0.05) is 0 Å². The Morgan fingerprint density at radius 2 is 2.00 bits per heavy atom. The van der Waals surface area contributed by atoms with Crippen molar-refractivity contribution in [1.29, 1.82) is 0 Å². The van der Waals surface area contributed by atoms with Crippen molar-refractivity contribution in [2.75, 3.05) is 57.1 Å². The number of amides is 2. The molecule has 0 unspecified atom stereocenters. The number of anilines is 2. The molecule has 36 heavy (non-hydrogen) atoms. The lowest BCUT2D eigenvalue weighted by molar-refractivity contribution is 0.0309. The average Bonchev–Trinajstić information content (AvgIpc) is 2.85. The van der Waals surface area contributed by atoms with Gasteiger partial charge in [-0.25, -0.2) is 19.7 Å². The third-order valence-corrected chi connectivity index (χ3v) is 7.13. The standard InChI is InChI=1S/C24H35N9O3/c1-15-13-32(5-4-26-15)24(34)31(3)18-8-19(9-18)36-21-10-20(17-11-27-22(25)28-12-17)29-23(30-21)33-6-7-35-14-16(33)2/h10-12,15-16,18-19,26H,4-9,13-14H2,1-3H3,(H2,25,27,28)/t15-,16-,18?,19?/m0/s1. The summed E-state index contributed by atoms with van der Waals surface area (Å²) in [6.45, 7) is 8.43. The number of aromatic nitrogens is 4. The van der Waals surface area contributed by atoms with E-state index < -0.39 is 0 Å². The minimum Gasteiger partial charge on any atom is -0.474 e. The predicted molar refractivity (Wildman–Crippen MR) is 135 cm³/mol. The number of nitrogens with zero attached hydrogens (tertiary/aromatic N) is 7. The van der Waals surface area contributed by atoms with Crippen LogP contribution in [0.5, 0.6) is 5.88 Å². The van der Waals surface area contributed by atoms with Crippen LogP contribution in [0.1, 0.15) is 26.7 Å². The number of rotatable bonds is 5. The Bertz CT molecular complexity index is 1060. The first-order valence-corrected chi connectivity index (χ1v) is 12.6. The molecule has 0 bridgehead atoms. The summed E-state index contributed by atoms with van der Waals surface area (Å²) in [5, 5.41) is 3.38. The Morgan fingerprint density at radius 3 is 2.72 bits per heavy atom. The first-order chi connectivity index (χ1) is 17.4. The molecule has 2 amide bonds. The van der Waals surface area contributed by atoms with Gasteiger partial charge in [-0.2, -0.15) is 4.98 Å². The second-order valence-corrected chi connectivity index (χ2v) is 9.90. The van der Waals surface area contributed by atoms with Crippen LogP contribution in [0.4, 0.5) is 16.7 Å². The van der Waals surface area contributed by atoms with Gasteiger partial charge in [0.2, 0.25) is 17.8 Å². The molecule has 2 aromatic rings. The molecule has 1 aliphatic carbocycles. The highest BCUT2D eigenvalue weighted by atomic mass is 16.5. The minimum absolute atomic E-state index is 0.0208. The number of carbonyl (C=O) groups is 1. The van der Waals surface area contributed by atoms with E-state index in [9.17, 15) is 4.79 Å². The van der Waals surface area contributed by atoms with E-state index >= 15 is 0 Å². The number of carbonyl (C=O) groups excluding carboxylic acids is 1. The summed E-state index contributed by atoms with van der Waals surface area (Å²) in [7, 11) is 1.89. The Kier molecular flexibility index (Phi) is 7.06. The number of ether oxygens (including phenoxy) is 2. The van der Waals surface area contributed by atoms with Crippen molar-refractivity contribution in [2.45, 2.75) is 50.9 Å². The van der Waals surface area contributed by atoms with Gasteiger partial charge in [-0.05, 0) is 13.8 Å². The number of piperazine rings is 1. The number of urea groups is 1. The Labute approximate surface area is 211 Å². The van der Waals surface area contributed by atoms with Crippen LogP contribution >= 0.6 is 0 Å². The van der Waals surface area contributed by atoms with Crippen LogP contribution in [-0.4, -0.2) is 106 Å². The van der Waals surface area contributed by atoms with Gasteiger partial charge >= 0.3 is 6.03 Å². The zero-order chi connectivity index (χ0) is 25.2. The Morgan fingerprint density at radius 1 is 1.22 bits per heavy atom. The molecule has 3 N–H and O–H groups in total. The first kappa shape index (κ1) is 24.4. The summed E-state index contributed by atoms with van der Waals surface area (Å²) in [6, 6.07) is 2.51. The molecule has 1 saturated carbocycles. The van der Waals surface area contributed by atoms with Crippen molar-refractivity contribution in [1.82, 2.24) is 35.1 Å². The second kappa shape index (κ2) is 10.4. The van der Waals surface area contributed by atoms with Crippen LogP contribution in [0.25, 0.3) is 11.3 Å².